The van der Waals surface area contributed by atoms with E-state index in [0.717, 1.165) is 19.2 Å². The van der Waals surface area contributed by atoms with Gasteiger partial charge in [-0.25, -0.2) is 31.8 Å². The number of nitrogens with zero attached hydrogens (tertiary/aromatic N) is 4. The van der Waals surface area contributed by atoms with Crippen molar-refractivity contribution in [1.29, 1.82) is 0 Å². The van der Waals surface area contributed by atoms with E-state index in [1.54, 1.807) is 0 Å². The van der Waals surface area contributed by atoms with E-state index < -0.39 is 156 Å². The number of amides is 4. The van der Waals surface area contributed by atoms with Gasteiger partial charge in [0.1, 0.15) is 22.9 Å². The van der Waals surface area contributed by atoms with Gasteiger partial charge in [0.25, 0.3) is 23.6 Å². The van der Waals surface area contributed by atoms with Crippen LogP contribution in [0, 0.1) is 46.8 Å². The molecule has 6 atom stereocenters. The summed E-state index contributed by atoms with van der Waals surface area (Å²) >= 11 is 20.0. The number of carbonyl (C=O) groups excluding carboxylic acids is 4. The number of allylic oxidation sites excluding steroid dienone is 2. The number of aromatic nitrogens is 1. The molecule has 4 aliphatic rings. The molecule has 24 heteroatoms. The molecule has 2 aliphatic heterocycles. The number of hydrazine groups is 1. The van der Waals surface area contributed by atoms with Gasteiger partial charge in [-0.05, 0) is 49.1 Å². The number of anilines is 2. The molecule has 2 saturated heterocycles. The number of hydrogen-bond donors (Lipinski definition) is 1. The fourth-order valence-corrected chi connectivity index (χ4v) is 9.22. The molecule has 4 amide bonds. The van der Waals surface area contributed by atoms with E-state index in [4.69, 9.17) is 34.8 Å². The van der Waals surface area contributed by atoms with Crippen molar-refractivity contribution in [3.05, 3.63) is 87.3 Å². The Bertz CT molecular complexity index is 2370. The lowest BCUT2D eigenvalue weighted by Crippen LogP contribution is -2.60. The number of rotatable bonds is 5. The maximum atomic E-state index is 15.3. The summed E-state index contributed by atoms with van der Waals surface area (Å²) in [5.41, 5.74) is -4.69. The van der Waals surface area contributed by atoms with Crippen molar-refractivity contribution in [2.45, 2.75) is 41.0 Å². The molecule has 3 aromatic rings. The van der Waals surface area contributed by atoms with E-state index in [2.05, 4.69) is 9.72 Å². The highest BCUT2D eigenvalue weighted by Gasteiger charge is 2.77. The highest BCUT2D eigenvalue weighted by molar-refractivity contribution is 6.58. The van der Waals surface area contributed by atoms with Crippen LogP contribution in [-0.4, -0.2) is 61.9 Å². The Morgan fingerprint density at radius 2 is 1.47 bits per heavy atom. The Labute approximate surface area is 331 Å². The molecule has 308 valence electrons. The monoisotopic (exact) mass is 892 g/mol. The fourth-order valence-electron chi connectivity index (χ4n) is 8.06. The van der Waals surface area contributed by atoms with Crippen LogP contribution in [0.2, 0.25) is 5.02 Å². The van der Waals surface area contributed by atoms with E-state index in [1.165, 1.54) is 0 Å². The van der Waals surface area contributed by atoms with Gasteiger partial charge in [0.15, 0.2) is 38.8 Å². The predicted molar refractivity (Wildman–Crippen MR) is 176 cm³/mol. The number of halogens is 14. The third kappa shape index (κ3) is 5.77. The summed E-state index contributed by atoms with van der Waals surface area (Å²) in [7, 11) is 0.956. The lowest BCUT2D eigenvalue weighted by Gasteiger charge is -2.50. The minimum atomic E-state index is -5.37. The molecule has 3 fully saturated rings. The van der Waals surface area contributed by atoms with Crippen LogP contribution in [0.1, 0.15) is 30.0 Å². The zero-order chi connectivity index (χ0) is 42.9. The van der Waals surface area contributed by atoms with Crippen molar-refractivity contribution in [2.24, 2.45) is 17.8 Å². The zero-order valence-electron chi connectivity index (χ0n) is 28.3. The van der Waals surface area contributed by atoms with E-state index in [0.29, 0.717) is 34.3 Å². The molecule has 1 N–H and O–H groups in total. The van der Waals surface area contributed by atoms with E-state index in [1.807, 2.05) is 0 Å². The maximum Gasteiger partial charge on any atom is 0.573 e. The van der Waals surface area contributed by atoms with Gasteiger partial charge in [-0.3, -0.25) is 24.2 Å². The number of alkyl halides is 8. The van der Waals surface area contributed by atoms with E-state index in [9.17, 15) is 63.8 Å². The Hall–Kier alpha value is -4.89. The van der Waals surface area contributed by atoms with Crippen LogP contribution in [0.5, 0.6) is 11.5 Å². The molecule has 6 unspecified atom stereocenters. The first-order chi connectivity index (χ1) is 26.8. The number of carbonyl (C=O) groups is 4. The van der Waals surface area contributed by atoms with Gasteiger partial charge in [-0.1, -0.05) is 23.3 Å². The molecule has 1 saturated carbocycles. The smallest absolute Gasteiger partial charge is 0.508 e. The molecule has 0 radical (unpaired) electrons. The van der Waals surface area contributed by atoms with Crippen molar-refractivity contribution in [2.75, 3.05) is 17.0 Å². The Morgan fingerprint density at radius 3 is 2.05 bits per heavy atom. The van der Waals surface area contributed by atoms with Crippen molar-refractivity contribution in [3.8, 4) is 11.5 Å². The second-order valence-electron chi connectivity index (χ2n) is 13.5. The lowest BCUT2D eigenvalue weighted by molar-refractivity contribution is -0.274. The number of pyridine rings is 1. The number of benzene rings is 2. The topological polar surface area (TPSA) is 120 Å². The quantitative estimate of drug-likeness (QED) is 0.0693. The lowest BCUT2D eigenvalue weighted by atomic mass is 9.56. The van der Waals surface area contributed by atoms with Gasteiger partial charge < -0.3 is 9.84 Å². The van der Waals surface area contributed by atoms with Crippen LogP contribution in [-0.2, 0) is 25.4 Å². The summed E-state index contributed by atoms with van der Waals surface area (Å²) in [5.74, 6) is -29.3. The van der Waals surface area contributed by atoms with Crippen molar-refractivity contribution >= 4 is 69.9 Å². The normalized spacial score (nSPS) is 27.1. The molecular weight excluding hydrogens is 876 g/mol. The summed E-state index contributed by atoms with van der Waals surface area (Å²) < 4.78 is 158. The SMILES string of the molecule is CN(c1nc(C(F)(F)F)ccc1Cl)N1C(=O)C2CC=C3C(CC4(Cl)C(=O)N(c5c(F)c(F)c(F)c(F)c5F)C(=O)C4(Cl)C3c3cc(OC(F)(F)F)ccc3O)C2C1=O. The molecular formula is C34H18Cl3F11N4O6. The Balaban J connectivity index is 1.41. The Morgan fingerprint density at radius 1 is 0.862 bits per heavy atom. The highest BCUT2D eigenvalue weighted by Crippen LogP contribution is 2.67. The van der Waals surface area contributed by atoms with Crippen LogP contribution >= 0.6 is 34.8 Å². The molecule has 3 heterocycles. The maximum absolute atomic E-state index is 15.3. The third-order valence-electron chi connectivity index (χ3n) is 10.5. The number of ether oxygens (including phenoxy) is 1. The molecule has 0 bridgehead atoms. The fraction of sp³-hybridized carbons (Fsp3) is 0.324. The molecule has 10 nitrogen and oxygen atoms in total. The highest BCUT2D eigenvalue weighted by atomic mass is 35.5. The Kier molecular flexibility index (Phi) is 9.48. The number of aromatic hydroxyl groups is 1. The van der Waals surface area contributed by atoms with Gasteiger partial charge in [0, 0.05) is 18.5 Å². The predicted octanol–water partition coefficient (Wildman–Crippen LogP) is 7.67. The van der Waals surface area contributed by atoms with E-state index >= 15 is 8.78 Å². The van der Waals surface area contributed by atoms with Crippen molar-refractivity contribution in [3.63, 3.8) is 0 Å². The molecule has 7 rings (SSSR count). The molecule has 58 heavy (non-hydrogen) atoms. The third-order valence-corrected chi connectivity index (χ3v) is 12.2. The van der Waals surface area contributed by atoms with Gasteiger partial charge in [-0.15, -0.1) is 36.4 Å². The number of phenols is 1. The average Bonchev–Trinajstić information content (AvgIpc) is 3.47. The first-order valence-corrected chi connectivity index (χ1v) is 17.3. The first-order valence-electron chi connectivity index (χ1n) is 16.2. The molecule has 1 aromatic heterocycles. The standard InChI is InChI=1S/C34H18Cl3F11N4O6/c1-50(26-15(35)5-7-17(49-26)33(43,44)45)52-27(54)12-4-3-11-14(18(12)28(52)55)9-31(36)29(56)51(25-23(41)21(39)20(38)22(40)24(25)42)30(57)32(31,37)19(11)13-8-10(2-6-16(13)53)58-34(46,47)48/h2-3,5-8,12,14,18-19,53H,4,9H2,1H3. The molecule has 2 aliphatic carbocycles. The first kappa shape index (κ1) is 41.3. The second kappa shape index (κ2) is 13.3. The van der Waals surface area contributed by atoms with Crippen LogP contribution in [0.25, 0.3) is 0 Å². The van der Waals surface area contributed by atoms with Crippen LogP contribution in [0.3, 0.4) is 0 Å². The minimum Gasteiger partial charge on any atom is -0.508 e. The number of fused-ring (bicyclic) bond motifs is 4. The zero-order valence-corrected chi connectivity index (χ0v) is 30.5. The summed E-state index contributed by atoms with van der Waals surface area (Å²) in [6.45, 7) is 0. The second-order valence-corrected chi connectivity index (χ2v) is 15.1. The van der Waals surface area contributed by atoms with Gasteiger partial charge in [0.05, 0.1) is 16.9 Å². The van der Waals surface area contributed by atoms with Gasteiger partial charge >= 0.3 is 12.5 Å². The average molecular weight is 894 g/mol. The molecule has 2 aromatic carbocycles. The number of imide groups is 2. The van der Waals surface area contributed by atoms with Crippen LogP contribution in [0.4, 0.5) is 59.8 Å². The van der Waals surface area contributed by atoms with Crippen LogP contribution in [0.15, 0.2) is 42.0 Å². The number of hydrogen-bond acceptors (Lipinski definition) is 8. The largest absolute Gasteiger partial charge is 0.573 e. The van der Waals surface area contributed by atoms with Gasteiger partial charge in [-0.2, -0.15) is 18.2 Å². The van der Waals surface area contributed by atoms with E-state index in [-0.39, 0.29) is 5.57 Å². The summed E-state index contributed by atoms with van der Waals surface area (Å²) in [6.07, 6.45) is -10.8. The molecule has 0 spiro atoms. The van der Waals surface area contributed by atoms with Gasteiger partial charge in [0.2, 0.25) is 5.82 Å². The minimum absolute atomic E-state index is 0.284. The van der Waals surface area contributed by atoms with Crippen molar-refractivity contribution in [1.82, 2.24) is 9.99 Å². The van der Waals surface area contributed by atoms with Crippen molar-refractivity contribution < 1.29 is 77.3 Å². The summed E-state index contributed by atoms with van der Waals surface area (Å²) in [4.78, 5) is 53.5. The summed E-state index contributed by atoms with van der Waals surface area (Å²) in [6, 6.07) is 3.02. The summed E-state index contributed by atoms with van der Waals surface area (Å²) in [5, 5.41) is 11.6. The number of phenolic OH excluding ortho intramolecular Hbond substituents is 1. The van der Waals surface area contributed by atoms with Crippen LogP contribution < -0.4 is 14.6 Å².